The third-order valence-electron chi connectivity index (χ3n) is 3.63. The zero-order valence-corrected chi connectivity index (χ0v) is 13.2. The Morgan fingerprint density at radius 2 is 1.87 bits per heavy atom. The molecule has 0 aliphatic rings. The normalized spacial score (nSPS) is 12.6. The second-order valence-electron chi connectivity index (χ2n) is 5.33. The van der Waals surface area contributed by atoms with Gasteiger partial charge in [0.15, 0.2) is 0 Å². The van der Waals surface area contributed by atoms with Gasteiger partial charge in [-0.05, 0) is 42.4 Å². The number of phenolic OH excluding ortho intramolecular Hbond substituents is 1. The Hall–Kier alpha value is -2.51. The van der Waals surface area contributed by atoms with Crippen LogP contribution >= 0.6 is 11.7 Å². The molecule has 1 aromatic heterocycles. The molecule has 2 aromatic carbocycles. The Balaban J connectivity index is 1.84. The molecule has 23 heavy (non-hydrogen) atoms. The Morgan fingerprint density at radius 3 is 2.57 bits per heavy atom. The zero-order chi connectivity index (χ0) is 16.4. The Labute approximate surface area is 137 Å². The number of rotatable bonds is 5. The van der Waals surface area contributed by atoms with E-state index in [9.17, 15) is 15.0 Å². The highest BCUT2D eigenvalue weighted by Gasteiger charge is 2.24. The summed E-state index contributed by atoms with van der Waals surface area (Å²) < 4.78 is 8.36. The summed E-state index contributed by atoms with van der Waals surface area (Å²) >= 11 is 1.16. The van der Waals surface area contributed by atoms with Crippen LogP contribution < -0.4 is 0 Å². The van der Waals surface area contributed by atoms with E-state index >= 15 is 0 Å². The average molecular weight is 329 g/mol. The number of benzene rings is 2. The zero-order valence-electron chi connectivity index (χ0n) is 12.4. The predicted molar refractivity (Wildman–Crippen MR) is 87.4 cm³/mol. The molecule has 0 aliphatic carbocycles. The molecule has 0 saturated carbocycles. The average Bonchev–Trinajstić information content (AvgIpc) is 2.96. The molecule has 0 bridgehead atoms. The third kappa shape index (κ3) is 3.30. The van der Waals surface area contributed by atoms with E-state index in [0.717, 1.165) is 28.3 Å². The second kappa shape index (κ2) is 6.31. The van der Waals surface area contributed by atoms with Crippen LogP contribution in [0.25, 0.3) is 11.0 Å². The highest BCUT2D eigenvalue weighted by Crippen LogP contribution is 2.24. The van der Waals surface area contributed by atoms with Crippen molar-refractivity contribution in [3.63, 3.8) is 0 Å². The molecule has 118 valence electrons. The predicted octanol–water partition coefficient (Wildman–Crippen LogP) is 2.65. The van der Waals surface area contributed by atoms with Gasteiger partial charge in [0.1, 0.15) is 22.8 Å². The van der Waals surface area contributed by atoms with Crippen molar-refractivity contribution in [3.05, 3.63) is 53.6 Å². The molecule has 7 heteroatoms. The lowest BCUT2D eigenvalue weighted by Crippen LogP contribution is -2.30. The largest absolute Gasteiger partial charge is 0.508 e. The summed E-state index contributed by atoms with van der Waals surface area (Å²) in [5, 5.41) is 18.9. The summed E-state index contributed by atoms with van der Waals surface area (Å²) in [6, 6.07) is 11.2. The van der Waals surface area contributed by atoms with Crippen molar-refractivity contribution in [2.24, 2.45) is 0 Å². The van der Waals surface area contributed by atoms with Gasteiger partial charge in [0.2, 0.25) is 0 Å². The Morgan fingerprint density at radius 1 is 1.17 bits per heavy atom. The maximum atomic E-state index is 11.7. The molecule has 3 aromatic rings. The number of phenols is 1. The van der Waals surface area contributed by atoms with Crippen LogP contribution in [0.4, 0.5) is 0 Å². The monoisotopic (exact) mass is 329 g/mol. The van der Waals surface area contributed by atoms with E-state index in [0.29, 0.717) is 12.1 Å². The SMILES string of the molecule is CN(Cc1ccc2nsnc2c1)[C@@H](C(=O)O)c1ccc(O)cc1. The van der Waals surface area contributed by atoms with Crippen LogP contribution in [0.1, 0.15) is 17.2 Å². The third-order valence-corrected chi connectivity index (χ3v) is 4.19. The molecule has 0 fully saturated rings. The maximum absolute atomic E-state index is 11.7. The molecule has 0 saturated heterocycles. The molecule has 3 rings (SSSR count). The molecule has 1 heterocycles. The van der Waals surface area contributed by atoms with Crippen LogP contribution in [0.2, 0.25) is 0 Å². The van der Waals surface area contributed by atoms with E-state index in [-0.39, 0.29) is 5.75 Å². The number of carbonyl (C=O) groups is 1. The van der Waals surface area contributed by atoms with Crippen molar-refractivity contribution in [2.75, 3.05) is 7.05 Å². The highest BCUT2D eigenvalue weighted by atomic mass is 32.1. The van der Waals surface area contributed by atoms with Crippen LogP contribution in [-0.2, 0) is 11.3 Å². The maximum Gasteiger partial charge on any atom is 0.325 e. The minimum absolute atomic E-state index is 0.113. The lowest BCUT2D eigenvalue weighted by atomic mass is 10.0. The summed E-state index contributed by atoms with van der Waals surface area (Å²) in [6.07, 6.45) is 0. The van der Waals surface area contributed by atoms with Crippen molar-refractivity contribution >= 4 is 28.7 Å². The number of aliphatic carboxylic acids is 1. The van der Waals surface area contributed by atoms with Crippen LogP contribution in [0.5, 0.6) is 5.75 Å². The first-order valence-corrected chi connectivity index (χ1v) is 7.71. The van der Waals surface area contributed by atoms with Crippen LogP contribution in [0.15, 0.2) is 42.5 Å². The van der Waals surface area contributed by atoms with Crippen LogP contribution in [0, 0.1) is 0 Å². The fraction of sp³-hybridized carbons (Fsp3) is 0.188. The molecular weight excluding hydrogens is 314 g/mol. The van der Waals surface area contributed by atoms with Gasteiger partial charge >= 0.3 is 5.97 Å². The van der Waals surface area contributed by atoms with Gasteiger partial charge in [0, 0.05) is 6.54 Å². The quantitative estimate of drug-likeness (QED) is 0.748. The summed E-state index contributed by atoms with van der Waals surface area (Å²) in [7, 11) is 1.76. The number of carboxylic acids is 1. The number of aromatic hydroxyl groups is 1. The lowest BCUT2D eigenvalue weighted by Gasteiger charge is -2.25. The van der Waals surface area contributed by atoms with Crippen molar-refractivity contribution in [1.29, 1.82) is 0 Å². The Bertz CT molecular complexity index is 832. The molecule has 2 N–H and O–H groups in total. The van der Waals surface area contributed by atoms with Gasteiger partial charge in [-0.3, -0.25) is 9.69 Å². The molecule has 6 nitrogen and oxygen atoms in total. The van der Waals surface area contributed by atoms with Gasteiger partial charge in [0.05, 0.1) is 11.7 Å². The van der Waals surface area contributed by atoms with Crippen LogP contribution in [0.3, 0.4) is 0 Å². The van der Waals surface area contributed by atoms with Crippen molar-refractivity contribution in [3.8, 4) is 5.75 Å². The summed E-state index contributed by atoms with van der Waals surface area (Å²) in [5.74, 6) is -0.823. The van der Waals surface area contributed by atoms with Gasteiger partial charge < -0.3 is 10.2 Å². The number of nitrogens with zero attached hydrogens (tertiary/aromatic N) is 3. The van der Waals surface area contributed by atoms with E-state index in [1.165, 1.54) is 12.1 Å². The number of hydrogen-bond acceptors (Lipinski definition) is 6. The molecule has 0 amide bonds. The minimum atomic E-state index is -0.936. The Kier molecular flexibility index (Phi) is 4.22. The van der Waals surface area contributed by atoms with Crippen LogP contribution in [-0.4, -0.2) is 36.9 Å². The minimum Gasteiger partial charge on any atom is -0.508 e. The molecule has 0 spiro atoms. The summed E-state index contributed by atoms with van der Waals surface area (Å²) in [6.45, 7) is 0.464. The van der Waals surface area contributed by atoms with E-state index < -0.39 is 12.0 Å². The number of fused-ring (bicyclic) bond motifs is 1. The van der Waals surface area contributed by atoms with Gasteiger partial charge in [-0.25, -0.2) is 0 Å². The van der Waals surface area contributed by atoms with Gasteiger partial charge in [-0.15, -0.1) is 0 Å². The van der Waals surface area contributed by atoms with E-state index in [1.807, 2.05) is 18.2 Å². The molecule has 0 unspecified atom stereocenters. The number of carboxylic acid groups (broad SMARTS) is 1. The van der Waals surface area contributed by atoms with E-state index in [1.54, 1.807) is 24.1 Å². The van der Waals surface area contributed by atoms with E-state index in [4.69, 9.17) is 0 Å². The van der Waals surface area contributed by atoms with Crippen molar-refractivity contribution in [1.82, 2.24) is 13.6 Å². The van der Waals surface area contributed by atoms with Gasteiger partial charge in [-0.2, -0.15) is 8.75 Å². The standard InChI is InChI=1S/C16H15N3O3S/c1-19(9-10-2-7-13-14(8-10)18-23-17-13)15(16(21)22)11-3-5-12(20)6-4-11/h2-8,15,20H,9H2,1H3,(H,21,22)/t15-/m1/s1. The first kappa shape index (κ1) is 15.4. The fourth-order valence-electron chi connectivity index (χ4n) is 2.55. The fourth-order valence-corrected chi connectivity index (χ4v) is 3.06. The lowest BCUT2D eigenvalue weighted by molar-refractivity contribution is -0.143. The molecule has 1 atom stereocenters. The molecular formula is C16H15N3O3S. The first-order valence-electron chi connectivity index (χ1n) is 6.98. The second-order valence-corrected chi connectivity index (χ2v) is 5.86. The highest BCUT2D eigenvalue weighted by molar-refractivity contribution is 7.00. The molecule has 0 aliphatic heterocycles. The van der Waals surface area contributed by atoms with Gasteiger partial charge in [-0.1, -0.05) is 18.2 Å². The summed E-state index contributed by atoms with van der Waals surface area (Å²) in [4.78, 5) is 13.4. The van der Waals surface area contributed by atoms with Crippen molar-refractivity contribution < 1.29 is 15.0 Å². The number of aromatic nitrogens is 2. The molecule has 0 radical (unpaired) electrons. The number of hydrogen-bond donors (Lipinski definition) is 2. The smallest absolute Gasteiger partial charge is 0.325 e. The summed E-state index contributed by atoms with van der Waals surface area (Å²) in [5.41, 5.74) is 3.25. The first-order chi connectivity index (χ1) is 11.0. The van der Waals surface area contributed by atoms with Gasteiger partial charge in [0.25, 0.3) is 0 Å². The number of likely N-dealkylation sites (N-methyl/N-ethyl adjacent to an activating group) is 1. The topological polar surface area (TPSA) is 86.6 Å². The van der Waals surface area contributed by atoms with E-state index in [2.05, 4.69) is 8.75 Å². The van der Waals surface area contributed by atoms with Crippen molar-refractivity contribution in [2.45, 2.75) is 12.6 Å².